The summed E-state index contributed by atoms with van der Waals surface area (Å²) in [6.45, 7) is 10.3. The molecular weight excluding hydrogens is 330 g/mol. The molecule has 2 aliphatic rings. The summed E-state index contributed by atoms with van der Waals surface area (Å²) in [7, 11) is 0. The Morgan fingerprint density at radius 3 is 2.31 bits per heavy atom. The van der Waals surface area contributed by atoms with Crippen LogP contribution in [-0.2, 0) is 14.3 Å². The van der Waals surface area contributed by atoms with Gasteiger partial charge in [-0.15, -0.1) is 0 Å². The number of hydrogen-bond acceptors (Lipinski definition) is 5. The van der Waals surface area contributed by atoms with Crippen molar-refractivity contribution in [1.29, 1.82) is 0 Å². The molecular formula is C20H31N3O3. The van der Waals surface area contributed by atoms with E-state index in [1.165, 1.54) is 5.69 Å². The van der Waals surface area contributed by atoms with Gasteiger partial charge in [0.1, 0.15) is 0 Å². The second kappa shape index (κ2) is 8.84. The van der Waals surface area contributed by atoms with Gasteiger partial charge in [0.25, 0.3) is 0 Å². The van der Waals surface area contributed by atoms with Gasteiger partial charge in [0.15, 0.2) is 5.79 Å². The van der Waals surface area contributed by atoms with Gasteiger partial charge in [-0.3, -0.25) is 4.79 Å². The second-order valence-corrected chi connectivity index (χ2v) is 6.97. The smallest absolute Gasteiger partial charge is 0.225 e. The molecule has 1 spiro atoms. The standard InChI is InChI=1S/C20H31N3O3/c1-3-23(4-2)18-7-5-17(6-8-18)21-19(24)9-12-22-13-10-20(11-14-22)25-15-16-26-20/h5-8H,3-4,9-16H2,1-2H3,(H,21,24). The predicted octanol–water partition coefficient (Wildman–Crippen LogP) is 2.70. The van der Waals surface area contributed by atoms with Gasteiger partial charge in [-0.2, -0.15) is 0 Å². The molecule has 0 unspecified atom stereocenters. The van der Waals surface area contributed by atoms with E-state index in [1.54, 1.807) is 0 Å². The number of carbonyl (C=O) groups is 1. The third kappa shape index (κ3) is 4.75. The number of anilines is 2. The van der Waals surface area contributed by atoms with E-state index in [4.69, 9.17) is 9.47 Å². The predicted molar refractivity (Wildman–Crippen MR) is 104 cm³/mol. The SMILES string of the molecule is CCN(CC)c1ccc(NC(=O)CCN2CCC3(CC2)OCCO3)cc1. The highest BCUT2D eigenvalue weighted by Gasteiger charge is 2.39. The van der Waals surface area contributed by atoms with Crippen LogP contribution < -0.4 is 10.2 Å². The van der Waals surface area contributed by atoms with Crippen molar-refractivity contribution in [3.8, 4) is 0 Å². The first-order valence-electron chi connectivity index (χ1n) is 9.79. The monoisotopic (exact) mass is 361 g/mol. The van der Waals surface area contributed by atoms with E-state index >= 15 is 0 Å². The Kier molecular flexibility index (Phi) is 6.51. The van der Waals surface area contributed by atoms with Gasteiger partial charge in [0.05, 0.1) is 13.2 Å². The summed E-state index contributed by atoms with van der Waals surface area (Å²) in [5.74, 6) is -0.278. The molecule has 1 N–H and O–H groups in total. The molecule has 2 saturated heterocycles. The second-order valence-electron chi connectivity index (χ2n) is 6.97. The van der Waals surface area contributed by atoms with Crippen LogP contribution in [0.3, 0.4) is 0 Å². The number of likely N-dealkylation sites (tertiary alicyclic amines) is 1. The number of rotatable bonds is 7. The third-order valence-corrected chi connectivity index (χ3v) is 5.37. The van der Waals surface area contributed by atoms with E-state index in [9.17, 15) is 4.79 Å². The summed E-state index contributed by atoms with van der Waals surface area (Å²) < 4.78 is 11.5. The number of ether oxygens (including phenoxy) is 2. The maximum atomic E-state index is 12.2. The Balaban J connectivity index is 1.40. The normalized spacial score (nSPS) is 19.6. The zero-order valence-corrected chi connectivity index (χ0v) is 16.0. The van der Waals surface area contributed by atoms with Gasteiger partial charge in [0.2, 0.25) is 5.91 Å². The number of nitrogens with one attached hydrogen (secondary N) is 1. The van der Waals surface area contributed by atoms with Crippen LogP contribution in [0.15, 0.2) is 24.3 Å². The minimum Gasteiger partial charge on any atom is -0.372 e. The van der Waals surface area contributed by atoms with Crippen LogP contribution in [0.1, 0.15) is 33.1 Å². The zero-order valence-electron chi connectivity index (χ0n) is 16.0. The van der Waals surface area contributed by atoms with Gasteiger partial charge >= 0.3 is 0 Å². The van der Waals surface area contributed by atoms with Crippen LogP contribution >= 0.6 is 0 Å². The lowest BCUT2D eigenvalue weighted by Gasteiger charge is -2.37. The van der Waals surface area contributed by atoms with Crippen LogP contribution in [0.2, 0.25) is 0 Å². The van der Waals surface area contributed by atoms with Gasteiger partial charge in [-0.25, -0.2) is 0 Å². The number of carbonyl (C=O) groups excluding carboxylic acids is 1. The lowest BCUT2D eigenvalue weighted by atomic mass is 10.0. The molecule has 1 aromatic carbocycles. The van der Waals surface area contributed by atoms with E-state index in [2.05, 4.69) is 41.1 Å². The summed E-state index contributed by atoms with van der Waals surface area (Å²) in [5.41, 5.74) is 2.04. The fourth-order valence-electron chi connectivity index (χ4n) is 3.73. The molecule has 0 radical (unpaired) electrons. The molecule has 144 valence electrons. The van der Waals surface area contributed by atoms with Crippen molar-refractivity contribution in [2.75, 3.05) is 56.2 Å². The Morgan fingerprint density at radius 2 is 1.73 bits per heavy atom. The number of piperidine rings is 1. The molecule has 2 fully saturated rings. The van der Waals surface area contributed by atoms with Crippen molar-refractivity contribution in [3.63, 3.8) is 0 Å². The molecule has 0 atom stereocenters. The van der Waals surface area contributed by atoms with Gasteiger partial charge in [-0.05, 0) is 38.1 Å². The molecule has 0 bridgehead atoms. The van der Waals surface area contributed by atoms with Crippen LogP contribution in [-0.4, -0.2) is 62.5 Å². The van der Waals surface area contributed by atoms with E-state index in [0.29, 0.717) is 19.6 Å². The molecule has 26 heavy (non-hydrogen) atoms. The first-order chi connectivity index (χ1) is 12.6. The van der Waals surface area contributed by atoms with Crippen molar-refractivity contribution in [3.05, 3.63) is 24.3 Å². The molecule has 6 nitrogen and oxygen atoms in total. The van der Waals surface area contributed by atoms with Gasteiger partial charge in [-0.1, -0.05) is 0 Å². The molecule has 0 aliphatic carbocycles. The summed E-state index contributed by atoms with van der Waals surface area (Å²) >= 11 is 0. The highest BCUT2D eigenvalue weighted by atomic mass is 16.7. The third-order valence-electron chi connectivity index (χ3n) is 5.37. The van der Waals surface area contributed by atoms with E-state index < -0.39 is 0 Å². The summed E-state index contributed by atoms with van der Waals surface area (Å²) in [6.07, 6.45) is 2.29. The summed E-state index contributed by atoms with van der Waals surface area (Å²) in [5, 5.41) is 3.00. The van der Waals surface area contributed by atoms with Crippen molar-refractivity contribution in [1.82, 2.24) is 4.90 Å². The molecule has 0 saturated carbocycles. The Hall–Kier alpha value is -1.63. The summed E-state index contributed by atoms with van der Waals surface area (Å²) in [6, 6.07) is 8.08. The highest BCUT2D eigenvalue weighted by molar-refractivity contribution is 5.91. The van der Waals surface area contributed by atoms with Crippen LogP contribution in [0, 0.1) is 0 Å². The molecule has 3 rings (SSSR count). The minimum atomic E-state index is -0.342. The zero-order chi connectivity index (χ0) is 18.4. The number of amides is 1. The van der Waals surface area contributed by atoms with E-state index in [-0.39, 0.29) is 11.7 Å². The quantitative estimate of drug-likeness (QED) is 0.809. The first kappa shape index (κ1) is 19.1. The fourth-order valence-corrected chi connectivity index (χ4v) is 3.73. The van der Waals surface area contributed by atoms with Crippen LogP contribution in [0.4, 0.5) is 11.4 Å². The van der Waals surface area contributed by atoms with Crippen molar-refractivity contribution >= 4 is 17.3 Å². The molecule has 6 heteroatoms. The Labute approximate surface area is 156 Å². The fraction of sp³-hybridized carbons (Fsp3) is 0.650. The maximum Gasteiger partial charge on any atom is 0.225 e. The Morgan fingerprint density at radius 1 is 1.12 bits per heavy atom. The largest absolute Gasteiger partial charge is 0.372 e. The van der Waals surface area contributed by atoms with Crippen molar-refractivity contribution < 1.29 is 14.3 Å². The lowest BCUT2D eigenvalue weighted by Crippen LogP contribution is -2.45. The Bertz CT molecular complexity index is 570. The topological polar surface area (TPSA) is 54.0 Å². The molecule has 2 heterocycles. The molecule has 0 aromatic heterocycles. The maximum absolute atomic E-state index is 12.2. The molecule has 1 amide bonds. The first-order valence-corrected chi connectivity index (χ1v) is 9.79. The van der Waals surface area contributed by atoms with E-state index in [1.807, 2.05) is 12.1 Å². The minimum absolute atomic E-state index is 0.0641. The van der Waals surface area contributed by atoms with Crippen LogP contribution in [0.5, 0.6) is 0 Å². The van der Waals surface area contributed by atoms with Gasteiger partial charge < -0.3 is 24.6 Å². The average molecular weight is 361 g/mol. The average Bonchev–Trinajstić information content (AvgIpc) is 3.12. The van der Waals surface area contributed by atoms with Crippen molar-refractivity contribution in [2.45, 2.75) is 38.9 Å². The molecule has 2 aliphatic heterocycles. The molecule has 1 aromatic rings. The van der Waals surface area contributed by atoms with Gasteiger partial charge in [0, 0.05) is 63.4 Å². The lowest BCUT2D eigenvalue weighted by molar-refractivity contribution is -0.185. The number of hydrogen-bond donors (Lipinski definition) is 1. The van der Waals surface area contributed by atoms with Crippen molar-refractivity contribution in [2.24, 2.45) is 0 Å². The highest BCUT2D eigenvalue weighted by Crippen LogP contribution is 2.31. The van der Waals surface area contributed by atoms with E-state index in [0.717, 1.165) is 51.3 Å². The number of benzene rings is 1. The number of nitrogens with zero attached hydrogens (tertiary/aromatic N) is 2. The van der Waals surface area contributed by atoms with Crippen LogP contribution in [0.25, 0.3) is 0 Å². The summed E-state index contributed by atoms with van der Waals surface area (Å²) in [4.78, 5) is 16.8.